The van der Waals surface area contributed by atoms with Crippen LogP contribution in [0.5, 0.6) is 0 Å². The highest BCUT2D eigenvalue weighted by molar-refractivity contribution is 7.99. The summed E-state index contributed by atoms with van der Waals surface area (Å²) in [7, 11) is 0. The molecule has 0 bridgehead atoms. The third kappa shape index (κ3) is 3.92. The van der Waals surface area contributed by atoms with Crippen molar-refractivity contribution >= 4 is 23.5 Å². The van der Waals surface area contributed by atoms with Gasteiger partial charge in [-0.05, 0) is 44.1 Å². The van der Waals surface area contributed by atoms with Crippen LogP contribution >= 0.6 is 11.8 Å². The van der Waals surface area contributed by atoms with E-state index >= 15 is 0 Å². The lowest BCUT2D eigenvalue weighted by molar-refractivity contribution is -0.414. The molecule has 27 heavy (non-hydrogen) atoms. The number of ether oxygens (including phenoxy) is 1. The van der Waals surface area contributed by atoms with Crippen molar-refractivity contribution in [2.24, 2.45) is 0 Å². The molecule has 2 saturated heterocycles. The molecule has 0 unspecified atom stereocenters. The monoisotopic (exact) mass is 387 g/mol. The molecule has 0 saturated carbocycles. The van der Waals surface area contributed by atoms with Gasteiger partial charge in [-0.1, -0.05) is 11.8 Å². The van der Waals surface area contributed by atoms with Crippen LogP contribution in [-0.4, -0.2) is 56.0 Å². The Bertz CT molecular complexity index is 749. The number of anilines is 1. The lowest BCUT2D eigenvalue weighted by Gasteiger charge is -2.26. The number of carbonyl (C=O) groups is 1. The third-order valence-electron chi connectivity index (χ3n) is 5.75. The van der Waals surface area contributed by atoms with Crippen molar-refractivity contribution in [2.75, 3.05) is 50.0 Å². The van der Waals surface area contributed by atoms with E-state index < -0.39 is 0 Å². The van der Waals surface area contributed by atoms with E-state index in [-0.39, 0.29) is 5.91 Å². The zero-order valence-electron chi connectivity index (χ0n) is 15.8. The van der Waals surface area contributed by atoms with Crippen LogP contribution in [0.1, 0.15) is 42.4 Å². The topological polar surface area (TPSA) is 70.7 Å². The van der Waals surface area contributed by atoms with Crippen LogP contribution in [-0.2, 0) is 22.4 Å². The quantitative estimate of drug-likeness (QED) is 0.737. The van der Waals surface area contributed by atoms with Gasteiger partial charge in [0.15, 0.2) is 5.03 Å². The van der Waals surface area contributed by atoms with Gasteiger partial charge in [0.1, 0.15) is 11.6 Å². The number of pyridine rings is 1. The standard InChI is InChI=1S/C20H26N4O2S/c21-13-17-15-5-1-2-6-16(15)19(24-7-3-4-8-24)22-20(17)27-14-18(25)23-9-11-26-12-10-23/h1-12,14H2/p+1. The summed E-state index contributed by atoms with van der Waals surface area (Å²) < 4.78 is 5.33. The molecular weight excluding hydrogens is 360 g/mol. The summed E-state index contributed by atoms with van der Waals surface area (Å²) in [4.78, 5) is 20.4. The van der Waals surface area contributed by atoms with Crippen LogP contribution in [0.4, 0.5) is 5.82 Å². The summed E-state index contributed by atoms with van der Waals surface area (Å²) in [5.74, 6) is 1.69. The van der Waals surface area contributed by atoms with Crippen LogP contribution in [0.2, 0.25) is 0 Å². The molecule has 3 heterocycles. The smallest absolute Gasteiger partial charge is 0.278 e. The Balaban J connectivity index is 1.60. The minimum absolute atomic E-state index is 0.126. The number of hydrogen-bond donors (Lipinski definition) is 0. The summed E-state index contributed by atoms with van der Waals surface area (Å²) in [6.45, 7) is 4.71. The van der Waals surface area contributed by atoms with Crippen LogP contribution in [0, 0.1) is 11.3 Å². The van der Waals surface area contributed by atoms with Crippen molar-refractivity contribution in [1.82, 2.24) is 4.90 Å². The van der Waals surface area contributed by atoms with Gasteiger partial charge in [-0.25, -0.2) is 4.98 Å². The number of aromatic nitrogens is 1. The van der Waals surface area contributed by atoms with Crippen molar-refractivity contribution in [2.45, 2.75) is 43.6 Å². The lowest BCUT2D eigenvalue weighted by Crippen LogP contribution is -2.41. The van der Waals surface area contributed by atoms with E-state index in [1.54, 1.807) is 0 Å². The number of carbonyl (C=O) groups excluding carboxylic acids is 1. The highest BCUT2D eigenvalue weighted by atomic mass is 32.2. The fourth-order valence-corrected chi connectivity index (χ4v) is 5.23. The largest absolute Gasteiger partial charge is 0.378 e. The molecular formula is C20H27N4O2S+. The second kappa shape index (κ2) is 8.49. The molecule has 3 aliphatic rings. The number of fused-ring (bicyclic) bond motifs is 1. The maximum atomic E-state index is 12.5. The van der Waals surface area contributed by atoms with E-state index in [1.165, 1.54) is 48.0 Å². The molecule has 0 atom stereocenters. The Morgan fingerprint density at radius 2 is 1.78 bits per heavy atom. The Morgan fingerprint density at radius 3 is 2.48 bits per heavy atom. The molecule has 1 N–H and O–H groups in total. The van der Waals surface area contributed by atoms with Crippen LogP contribution in [0.15, 0.2) is 5.03 Å². The molecule has 0 aromatic carbocycles. The van der Waals surface area contributed by atoms with Crippen molar-refractivity contribution in [3.8, 4) is 6.07 Å². The van der Waals surface area contributed by atoms with Gasteiger partial charge in [-0.2, -0.15) is 5.26 Å². The van der Waals surface area contributed by atoms with Crippen molar-refractivity contribution in [1.29, 1.82) is 5.26 Å². The van der Waals surface area contributed by atoms with Crippen molar-refractivity contribution in [3.05, 3.63) is 16.7 Å². The number of nitrogens with one attached hydrogen (secondary N) is 1. The average molecular weight is 388 g/mol. The first-order chi connectivity index (χ1) is 13.3. The van der Waals surface area contributed by atoms with E-state index in [0.717, 1.165) is 42.9 Å². The number of thioether (sulfide) groups is 1. The number of aromatic amines is 1. The fraction of sp³-hybridized carbons (Fsp3) is 0.650. The number of hydrogen-bond acceptors (Lipinski definition) is 5. The molecule has 1 amide bonds. The molecule has 4 rings (SSSR count). The van der Waals surface area contributed by atoms with Gasteiger partial charge < -0.3 is 9.64 Å². The molecule has 1 aromatic rings. The second-order valence-corrected chi connectivity index (χ2v) is 8.42. The van der Waals surface area contributed by atoms with Gasteiger partial charge in [0.25, 0.3) is 5.82 Å². The van der Waals surface area contributed by atoms with Gasteiger partial charge in [-0.15, -0.1) is 0 Å². The van der Waals surface area contributed by atoms with Gasteiger partial charge in [-0.3, -0.25) is 9.69 Å². The van der Waals surface area contributed by atoms with Crippen LogP contribution in [0.3, 0.4) is 0 Å². The number of nitrogens with zero attached hydrogens (tertiary/aromatic N) is 3. The summed E-state index contributed by atoms with van der Waals surface area (Å²) in [6, 6.07) is 2.43. The first-order valence-electron chi connectivity index (χ1n) is 10.0. The highest BCUT2D eigenvalue weighted by Crippen LogP contribution is 2.34. The highest BCUT2D eigenvalue weighted by Gasteiger charge is 2.31. The Labute approximate surface area is 164 Å². The van der Waals surface area contributed by atoms with Gasteiger partial charge in [0.2, 0.25) is 5.91 Å². The Kier molecular flexibility index (Phi) is 5.84. The number of H-pyrrole nitrogens is 1. The van der Waals surface area contributed by atoms with Crippen LogP contribution in [0.25, 0.3) is 0 Å². The molecule has 1 aliphatic carbocycles. The molecule has 144 valence electrons. The average Bonchev–Trinajstić information content (AvgIpc) is 3.26. The predicted molar refractivity (Wildman–Crippen MR) is 104 cm³/mol. The normalized spacial score (nSPS) is 19.7. The number of rotatable bonds is 4. The summed E-state index contributed by atoms with van der Waals surface area (Å²) in [5, 5.41) is 10.7. The fourth-order valence-electron chi connectivity index (χ4n) is 4.30. The lowest BCUT2D eigenvalue weighted by atomic mass is 9.89. The minimum Gasteiger partial charge on any atom is -0.378 e. The molecule has 2 aliphatic heterocycles. The Hall–Kier alpha value is -1.78. The number of amides is 1. The van der Waals surface area contributed by atoms with E-state index in [2.05, 4.69) is 16.0 Å². The summed E-state index contributed by atoms with van der Waals surface area (Å²) in [5.41, 5.74) is 3.31. The summed E-state index contributed by atoms with van der Waals surface area (Å²) >= 11 is 1.48. The molecule has 1 aromatic heterocycles. The second-order valence-electron chi connectivity index (χ2n) is 7.43. The maximum Gasteiger partial charge on any atom is 0.278 e. The van der Waals surface area contributed by atoms with Gasteiger partial charge in [0, 0.05) is 18.7 Å². The first kappa shape index (κ1) is 18.6. The minimum atomic E-state index is 0.126. The maximum absolute atomic E-state index is 12.5. The van der Waals surface area contributed by atoms with Gasteiger partial charge >= 0.3 is 0 Å². The Morgan fingerprint density at radius 1 is 1.07 bits per heavy atom. The van der Waals surface area contributed by atoms with Crippen molar-refractivity contribution in [3.63, 3.8) is 0 Å². The molecule has 2 fully saturated rings. The number of nitriles is 1. The zero-order valence-corrected chi connectivity index (χ0v) is 16.6. The summed E-state index contributed by atoms with van der Waals surface area (Å²) in [6.07, 6.45) is 6.79. The van der Waals surface area contributed by atoms with E-state index in [4.69, 9.17) is 4.74 Å². The predicted octanol–water partition coefficient (Wildman–Crippen LogP) is 1.80. The van der Waals surface area contributed by atoms with E-state index in [0.29, 0.717) is 32.1 Å². The first-order valence-corrected chi connectivity index (χ1v) is 11.0. The van der Waals surface area contributed by atoms with E-state index in [9.17, 15) is 10.1 Å². The molecule has 0 spiro atoms. The zero-order chi connectivity index (χ0) is 18.6. The van der Waals surface area contributed by atoms with Crippen LogP contribution < -0.4 is 9.88 Å². The van der Waals surface area contributed by atoms with E-state index in [1.807, 2.05) is 4.90 Å². The number of morpholine rings is 1. The third-order valence-corrected chi connectivity index (χ3v) is 6.74. The molecule has 0 radical (unpaired) electrons. The molecule has 6 nitrogen and oxygen atoms in total. The molecule has 7 heteroatoms. The van der Waals surface area contributed by atoms with Gasteiger partial charge in [0.05, 0.1) is 32.1 Å². The van der Waals surface area contributed by atoms with Crippen molar-refractivity contribution < 1.29 is 14.5 Å². The SMILES string of the molecule is N#Cc1c(SCC(=O)N2CCOCC2)[nH+]c(N2CCCC2)c2c1CCCC2.